The molecule has 0 atom stereocenters. The van der Waals surface area contributed by atoms with Crippen LogP contribution in [-0.2, 0) is 0 Å². The molecule has 1 fully saturated rings. The Morgan fingerprint density at radius 2 is 1.44 bits per heavy atom. The zero-order valence-electron chi connectivity index (χ0n) is 9.78. The lowest BCUT2D eigenvalue weighted by Crippen LogP contribution is -2.33. The summed E-state index contributed by atoms with van der Waals surface area (Å²) in [6.07, 6.45) is 6.47. The van der Waals surface area contributed by atoms with E-state index in [9.17, 15) is 0 Å². The van der Waals surface area contributed by atoms with Crippen molar-refractivity contribution >= 4 is 5.84 Å². The fraction of sp³-hybridized carbons (Fsp3) is 0.500. The molecule has 2 nitrogen and oxygen atoms in total. The SMILES string of the molecule is N=C(c1ccccc1)N1CCCCCCC1. The number of hydrogen-bond acceptors (Lipinski definition) is 1. The van der Waals surface area contributed by atoms with Crippen LogP contribution in [-0.4, -0.2) is 23.8 Å². The predicted octanol–water partition coefficient (Wildman–Crippen LogP) is 3.28. The summed E-state index contributed by atoms with van der Waals surface area (Å²) in [6.45, 7) is 2.10. The molecule has 1 saturated heterocycles. The zero-order valence-corrected chi connectivity index (χ0v) is 9.78. The third kappa shape index (κ3) is 2.84. The molecule has 0 spiro atoms. The van der Waals surface area contributed by atoms with Crippen molar-refractivity contribution in [2.45, 2.75) is 32.1 Å². The van der Waals surface area contributed by atoms with Gasteiger partial charge in [-0.15, -0.1) is 0 Å². The van der Waals surface area contributed by atoms with Crippen LogP contribution in [0.2, 0.25) is 0 Å². The summed E-state index contributed by atoms with van der Waals surface area (Å²) in [7, 11) is 0. The maximum atomic E-state index is 8.22. The summed E-state index contributed by atoms with van der Waals surface area (Å²) < 4.78 is 0. The van der Waals surface area contributed by atoms with Crippen molar-refractivity contribution < 1.29 is 0 Å². The standard InChI is InChI=1S/C14H20N2/c15-14(13-9-5-4-6-10-13)16-11-7-2-1-3-8-12-16/h4-6,9-10,15H,1-3,7-8,11-12H2. The van der Waals surface area contributed by atoms with Crippen molar-refractivity contribution in [2.75, 3.05) is 13.1 Å². The van der Waals surface area contributed by atoms with Gasteiger partial charge in [0.25, 0.3) is 0 Å². The van der Waals surface area contributed by atoms with Gasteiger partial charge in [-0.2, -0.15) is 0 Å². The van der Waals surface area contributed by atoms with Gasteiger partial charge in [-0.3, -0.25) is 5.41 Å². The van der Waals surface area contributed by atoms with Crippen LogP contribution < -0.4 is 0 Å². The Kier molecular flexibility index (Phi) is 3.97. The molecule has 0 saturated carbocycles. The Hall–Kier alpha value is -1.31. The average molecular weight is 216 g/mol. The molecule has 0 unspecified atom stereocenters. The Morgan fingerprint density at radius 1 is 0.875 bits per heavy atom. The normalized spacial score (nSPS) is 17.6. The van der Waals surface area contributed by atoms with E-state index < -0.39 is 0 Å². The minimum Gasteiger partial charge on any atom is -0.357 e. The van der Waals surface area contributed by atoms with Crippen molar-refractivity contribution in [3.05, 3.63) is 35.9 Å². The summed E-state index contributed by atoms with van der Waals surface area (Å²) in [5, 5.41) is 8.22. The molecule has 0 aromatic heterocycles. The number of amidine groups is 1. The molecule has 16 heavy (non-hydrogen) atoms. The second-order valence-corrected chi connectivity index (χ2v) is 4.47. The van der Waals surface area contributed by atoms with Gasteiger partial charge in [-0.25, -0.2) is 0 Å². The Bertz CT molecular complexity index is 324. The molecule has 2 heteroatoms. The molecule has 1 aromatic carbocycles. The molecule has 0 amide bonds. The molecule has 1 aliphatic heterocycles. The molecular formula is C14H20N2. The predicted molar refractivity (Wildman–Crippen MR) is 67.9 cm³/mol. The van der Waals surface area contributed by atoms with Crippen molar-refractivity contribution in [3.8, 4) is 0 Å². The summed E-state index contributed by atoms with van der Waals surface area (Å²) in [4.78, 5) is 2.23. The van der Waals surface area contributed by atoms with Crippen LogP contribution >= 0.6 is 0 Å². The van der Waals surface area contributed by atoms with Crippen LogP contribution in [0.4, 0.5) is 0 Å². The molecule has 0 aliphatic carbocycles. The molecule has 0 bridgehead atoms. The molecule has 1 N–H and O–H groups in total. The Labute approximate surface area is 97.8 Å². The highest BCUT2D eigenvalue weighted by atomic mass is 15.2. The summed E-state index contributed by atoms with van der Waals surface area (Å²) in [6, 6.07) is 10.1. The van der Waals surface area contributed by atoms with E-state index in [2.05, 4.69) is 4.90 Å². The molecule has 0 radical (unpaired) electrons. The lowest BCUT2D eigenvalue weighted by atomic mass is 10.1. The first-order valence-corrected chi connectivity index (χ1v) is 6.27. The average Bonchev–Trinajstić information content (AvgIpc) is 2.29. The second kappa shape index (κ2) is 5.69. The van der Waals surface area contributed by atoms with Crippen molar-refractivity contribution in [2.24, 2.45) is 0 Å². The smallest absolute Gasteiger partial charge is 0.128 e. The van der Waals surface area contributed by atoms with E-state index in [0.29, 0.717) is 5.84 Å². The molecule has 1 aromatic rings. The molecule has 2 rings (SSSR count). The topological polar surface area (TPSA) is 27.1 Å². The number of likely N-dealkylation sites (tertiary alicyclic amines) is 1. The summed E-state index contributed by atoms with van der Waals surface area (Å²) in [5.41, 5.74) is 1.04. The Morgan fingerprint density at radius 3 is 2.06 bits per heavy atom. The number of nitrogens with one attached hydrogen (secondary N) is 1. The van der Waals surface area contributed by atoms with E-state index in [-0.39, 0.29) is 0 Å². The number of benzene rings is 1. The minimum absolute atomic E-state index is 0.697. The zero-order chi connectivity index (χ0) is 11.2. The third-order valence-electron chi connectivity index (χ3n) is 3.22. The summed E-state index contributed by atoms with van der Waals surface area (Å²) in [5.74, 6) is 0.697. The van der Waals surface area contributed by atoms with Gasteiger partial charge in [0.15, 0.2) is 0 Å². The van der Waals surface area contributed by atoms with Crippen molar-refractivity contribution in [3.63, 3.8) is 0 Å². The van der Waals surface area contributed by atoms with Gasteiger partial charge in [0.2, 0.25) is 0 Å². The van der Waals surface area contributed by atoms with Gasteiger partial charge in [0, 0.05) is 18.7 Å². The van der Waals surface area contributed by atoms with E-state index in [1.165, 1.54) is 32.1 Å². The van der Waals surface area contributed by atoms with E-state index in [0.717, 1.165) is 18.7 Å². The van der Waals surface area contributed by atoms with Crippen molar-refractivity contribution in [1.29, 1.82) is 5.41 Å². The van der Waals surface area contributed by atoms with E-state index in [1.54, 1.807) is 0 Å². The Balaban J connectivity index is 2.02. The fourth-order valence-electron chi connectivity index (χ4n) is 2.25. The van der Waals surface area contributed by atoms with E-state index >= 15 is 0 Å². The molecule has 1 aliphatic rings. The minimum atomic E-state index is 0.697. The molecular weight excluding hydrogens is 196 g/mol. The highest BCUT2D eigenvalue weighted by molar-refractivity contribution is 5.96. The van der Waals surface area contributed by atoms with Crippen LogP contribution in [0.1, 0.15) is 37.7 Å². The van der Waals surface area contributed by atoms with Crippen molar-refractivity contribution in [1.82, 2.24) is 4.90 Å². The monoisotopic (exact) mass is 216 g/mol. The quantitative estimate of drug-likeness (QED) is 0.566. The third-order valence-corrected chi connectivity index (χ3v) is 3.22. The van der Waals surface area contributed by atoms with E-state index in [1.807, 2.05) is 30.3 Å². The van der Waals surface area contributed by atoms with Crippen LogP contribution in [0.3, 0.4) is 0 Å². The first kappa shape index (κ1) is 11.2. The molecule has 1 heterocycles. The van der Waals surface area contributed by atoms with Gasteiger partial charge in [0.05, 0.1) is 0 Å². The second-order valence-electron chi connectivity index (χ2n) is 4.47. The van der Waals surface area contributed by atoms with Crippen LogP contribution in [0.5, 0.6) is 0 Å². The fourth-order valence-corrected chi connectivity index (χ4v) is 2.25. The lowest BCUT2D eigenvalue weighted by molar-refractivity contribution is 0.361. The van der Waals surface area contributed by atoms with Crippen LogP contribution in [0.25, 0.3) is 0 Å². The van der Waals surface area contributed by atoms with Gasteiger partial charge < -0.3 is 4.90 Å². The van der Waals surface area contributed by atoms with Gasteiger partial charge >= 0.3 is 0 Å². The maximum absolute atomic E-state index is 8.22. The number of nitrogens with zero attached hydrogens (tertiary/aromatic N) is 1. The van der Waals surface area contributed by atoms with Gasteiger partial charge in [-0.05, 0) is 12.8 Å². The van der Waals surface area contributed by atoms with Gasteiger partial charge in [0.1, 0.15) is 5.84 Å². The van der Waals surface area contributed by atoms with E-state index in [4.69, 9.17) is 5.41 Å². The molecule has 86 valence electrons. The summed E-state index contributed by atoms with van der Waals surface area (Å²) >= 11 is 0. The lowest BCUT2D eigenvalue weighted by Gasteiger charge is -2.27. The highest BCUT2D eigenvalue weighted by Gasteiger charge is 2.12. The number of hydrogen-bond donors (Lipinski definition) is 1. The first-order chi connectivity index (χ1) is 7.88. The van der Waals surface area contributed by atoms with Crippen LogP contribution in [0.15, 0.2) is 30.3 Å². The first-order valence-electron chi connectivity index (χ1n) is 6.27. The highest BCUT2D eigenvalue weighted by Crippen LogP contribution is 2.13. The largest absolute Gasteiger partial charge is 0.357 e. The van der Waals surface area contributed by atoms with Crippen LogP contribution in [0, 0.1) is 5.41 Å². The number of rotatable bonds is 1. The van der Waals surface area contributed by atoms with Gasteiger partial charge in [-0.1, -0.05) is 49.6 Å². The maximum Gasteiger partial charge on any atom is 0.128 e.